The van der Waals surface area contributed by atoms with Gasteiger partial charge in [0.1, 0.15) is 41.2 Å². The smallest absolute Gasteiger partial charge is 0.282 e. The molecule has 0 spiro atoms. The third kappa shape index (κ3) is 6.78. The molecule has 55 heavy (non-hydrogen) atoms. The van der Waals surface area contributed by atoms with Gasteiger partial charge < -0.3 is 19.3 Å². The van der Waals surface area contributed by atoms with Crippen molar-refractivity contribution in [2.45, 2.75) is 44.9 Å². The molecular formula is C40H40F4N6O4S. The number of hydrogen-bond donors (Lipinski definition) is 0. The first kappa shape index (κ1) is 38.2. The van der Waals surface area contributed by atoms with Crippen LogP contribution in [0.5, 0.6) is 5.75 Å². The number of hydrogen-bond acceptors (Lipinski definition) is 8. The zero-order valence-electron chi connectivity index (χ0n) is 31.3. The van der Waals surface area contributed by atoms with E-state index in [4.69, 9.17) is 19.6 Å². The van der Waals surface area contributed by atoms with E-state index in [0.717, 1.165) is 28.5 Å². The topological polar surface area (TPSA) is 93.0 Å². The van der Waals surface area contributed by atoms with Crippen LogP contribution in [0, 0.1) is 17.5 Å². The summed E-state index contributed by atoms with van der Waals surface area (Å²) in [5, 5.41) is 6.24. The maximum absolute atomic E-state index is 16.4. The van der Waals surface area contributed by atoms with Crippen molar-refractivity contribution in [2.24, 2.45) is 0 Å². The summed E-state index contributed by atoms with van der Waals surface area (Å²) in [7, 11) is 6.81. The molecule has 2 aliphatic heterocycles. The molecule has 0 bridgehead atoms. The van der Waals surface area contributed by atoms with Crippen molar-refractivity contribution >= 4 is 33.2 Å². The number of methoxy groups -OCH3 is 1. The standard InChI is InChI=1S/C40H40F4N6O4S/c1-20-17-49(39(51)21(2)41)22(3)30-16-29(46-50(20)30)37-35(33-27(43)14-26(42)15-32(33)54-11-10-53-7)34-28(44)19-55-38(34)36(45-37)24-9-8-23-13-31(40(52)47(4)5)48(6)18-25(23)12-24/h8-9,12,14-16,19-20,22,31H,2,10-11,13,17-18H2,1,3-7H3/t20-,22+,31-/m0/s1. The van der Waals surface area contributed by atoms with E-state index >= 15 is 8.78 Å². The lowest BCUT2D eigenvalue weighted by molar-refractivity contribution is -0.134. The summed E-state index contributed by atoms with van der Waals surface area (Å²) in [6.07, 6.45) is 0.505. The minimum absolute atomic E-state index is 0.00185. The Kier molecular flexibility index (Phi) is 10.3. The number of thiophene rings is 1. The molecule has 2 aromatic carbocycles. The van der Waals surface area contributed by atoms with Crippen LogP contribution in [0.3, 0.4) is 0 Å². The van der Waals surface area contributed by atoms with Crippen LogP contribution in [0.4, 0.5) is 17.6 Å². The lowest BCUT2D eigenvalue weighted by atomic mass is 9.90. The number of carbonyl (C=O) groups is 2. The van der Waals surface area contributed by atoms with Crippen molar-refractivity contribution in [2.75, 3.05) is 48.0 Å². The molecule has 0 radical (unpaired) electrons. The van der Waals surface area contributed by atoms with Gasteiger partial charge in [0.15, 0.2) is 5.83 Å². The molecule has 3 aromatic heterocycles. The van der Waals surface area contributed by atoms with E-state index in [1.165, 1.54) is 17.4 Å². The molecule has 5 heterocycles. The first-order valence-electron chi connectivity index (χ1n) is 17.7. The number of benzene rings is 2. The third-order valence-electron chi connectivity index (χ3n) is 10.3. The molecule has 2 aliphatic rings. The Morgan fingerprint density at radius 3 is 2.49 bits per heavy atom. The molecule has 7 rings (SSSR count). The molecule has 288 valence electrons. The first-order chi connectivity index (χ1) is 26.2. The molecule has 10 nitrogen and oxygen atoms in total. The van der Waals surface area contributed by atoms with Gasteiger partial charge in [-0.05, 0) is 50.6 Å². The molecule has 5 aromatic rings. The van der Waals surface area contributed by atoms with Crippen molar-refractivity contribution in [1.29, 1.82) is 0 Å². The molecule has 0 unspecified atom stereocenters. The maximum Gasteiger partial charge on any atom is 0.282 e. The van der Waals surface area contributed by atoms with Crippen molar-refractivity contribution in [3.05, 3.63) is 88.5 Å². The fourth-order valence-corrected chi connectivity index (χ4v) is 8.50. The normalized spacial score (nSPS) is 18.3. The zero-order chi connectivity index (χ0) is 39.5. The molecular weight excluding hydrogens is 737 g/mol. The van der Waals surface area contributed by atoms with Crippen LogP contribution in [0.1, 0.15) is 42.8 Å². The van der Waals surface area contributed by atoms with Gasteiger partial charge in [0.25, 0.3) is 5.91 Å². The molecule has 0 aliphatic carbocycles. The van der Waals surface area contributed by atoms with E-state index < -0.39 is 41.3 Å². The van der Waals surface area contributed by atoms with Crippen molar-refractivity contribution in [1.82, 2.24) is 29.5 Å². The van der Waals surface area contributed by atoms with Crippen molar-refractivity contribution < 1.29 is 36.6 Å². The Morgan fingerprint density at radius 2 is 1.78 bits per heavy atom. The van der Waals surface area contributed by atoms with E-state index in [0.29, 0.717) is 40.7 Å². The summed E-state index contributed by atoms with van der Waals surface area (Å²) >= 11 is 1.10. The van der Waals surface area contributed by atoms with E-state index in [-0.39, 0.29) is 65.4 Å². The van der Waals surface area contributed by atoms with Gasteiger partial charge in [-0.3, -0.25) is 19.2 Å². The number of likely N-dealkylation sites (N-methyl/N-ethyl adjacent to an activating group) is 2. The summed E-state index contributed by atoms with van der Waals surface area (Å²) in [6.45, 7) is 7.41. The summed E-state index contributed by atoms with van der Waals surface area (Å²) in [6, 6.07) is 7.82. The van der Waals surface area contributed by atoms with Crippen molar-refractivity contribution in [3.63, 3.8) is 0 Å². The maximum atomic E-state index is 16.4. The molecule has 0 N–H and O–H groups in total. The van der Waals surface area contributed by atoms with Crippen LogP contribution >= 0.6 is 11.3 Å². The lowest BCUT2D eigenvalue weighted by Crippen LogP contribution is -2.48. The Labute approximate surface area is 319 Å². The van der Waals surface area contributed by atoms with E-state index in [1.807, 2.05) is 37.1 Å². The quantitative estimate of drug-likeness (QED) is 0.0880. The SMILES string of the molecule is C=C(F)C(=O)N1C[C@H](C)n2nc(-c3nc(-c4ccc5c(c4)CN(C)[C@H](C(=O)N(C)C)C5)c4scc(F)c4c3-c3c(F)cc(F)cc3OCCOC)cc2[C@H]1C. The average Bonchev–Trinajstić information content (AvgIpc) is 3.77. The highest BCUT2D eigenvalue weighted by Crippen LogP contribution is 2.49. The predicted molar refractivity (Wildman–Crippen MR) is 202 cm³/mol. The van der Waals surface area contributed by atoms with E-state index in [1.54, 1.807) is 36.7 Å². The van der Waals surface area contributed by atoms with Gasteiger partial charge in [0, 0.05) is 68.3 Å². The fourth-order valence-electron chi connectivity index (χ4n) is 7.57. The largest absolute Gasteiger partial charge is 0.490 e. The second kappa shape index (κ2) is 14.8. The van der Waals surface area contributed by atoms with Gasteiger partial charge >= 0.3 is 0 Å². The molecule has 0 saturated heterocycles. The Hall–Kier alpha value is -5.12. The molecule has 3 atom stereocenters. The van der Waals surface area contributed by atoms with Gasteiger partial charge in [-0.2, -0.15) is 5.10 Å². The van der Waals surface area contributed by atoms with Crippen LogP contribution in [0.25, 0.3) is 43.9 Å². The highest BCUT2D eigenvalue weighted by atomic mass is 32.1. The van der Waals surface area contributed by atoms with E-state index in [2.05, 4.69) is 6.58 Å². The highest BCUT2D eigenvalue weighted by Gasteiger charge is 2.36. The van der Waals surface area contributed by atoms with Gasteiger partial charge in [0.2, 0.25) is 5.91 Å². The Bertz CT molecular complexity index is 2360. The summed E-state index contributed by atoms with van der Waals surface area (Å²) in [5.74, 6) is -4.67. The molecule has 0 fully saturated rings. The number of fused-ring (bicyclic) bond motifs is 3. The van der Waals surface area contributed by atoms with Crippen LogP contribution < -0.4 is 4.74 Å². The van der Waals surface area contributed by atoms with Crippen LogP contribution in [-0.2, 0) is 27.3 Å². The molecule has 15 heteroatoms. The number of carbonyl (C=O) groups excluding carboxylic acids is 2. The minimum atomic E-state index is -1.09. The van der Waals surface area contributed by atoms with E-state index in [9.17, 15) is 18.4 Å². The fraction of sp³-hybridized carbons (Fsp3) is 0.350. The summed E-state index contributed by atoms with van der Waals surface area (Å²) in [5.41, 5.74) is 3.67. The number of rotatable bonds is 9. The van der Waals surface area contributed by atoms with Gasteiger partial charge in [-0.15, -0.1) is 11.3 Å². The number of ether oxygens (including phenoxy) is 2. The number of pyridine rings is 1. The number of nitrogens with zero attached hydrogens (tertiary/aromatic N) is 6. The zero-order valence-corrected chi connectivity index (χ0v) is 32.1. The first-order valence-corrected chi connectivity index (χ1v) is 18.6. The monoisotopic (exact) mass is 776 g/mol. The summed E-state index contributed by atoms with van der Waals surface area (Å²) < 4.78 is 74.6. The van der Waals surface area contributed by atoms with Crippen LogP contribution in [-0.4, -0.2) is 95.3 Å². The van der Waals surface area contributed by atoms with Crippen LogP contribution in [0.15, 0.2) is 54.2 Å². The summed E-state index contributed by atoms with van der Waals surface area (Å²) in [4.78, 5) is 35.8. The van der Waals surface area contributed by atoms with Crippen LogP contribution in [0.2, 0.25) is 0 Å². The third-order valence-corrected chi connectivity index (χ3v) is 11.3. The molecule has 0 saturated carbocycles. The van der Waals surface area contributed by atoms with Gasteiger partial charge in [-0.1, -0.05) is 18.7 Å². The van der Waals surface area contributed by atoms with Gasteiger partial charge in [0.05, 0.1) is 46.4 Å². The Balaban J connectivity index is 1.47. The van der Waals surface area contributed by atoms with Gasteiger partial charge in [-0.25, -0.2) is 22.5 Å². The molecule has 2 amide bonds. The highest BCUT2D eigenvalue weighted by molar-refractivity contribution is 7.17. The second-order valence-electron chi connectivity index (χ2n) is 14.2. The second-order valence-corrected chi connectivity index (χ2v) is 15.1. The number of amides is 2. The number of aromatic nitrogens is 3. The minimum Gasteiger partial charge on any atom is -0.490 e. The lowest BCUT2D eigenvalue weighted by Gasteiger charge is -2.37. The number of halogens is 4. The predicted octanol–water partition coefficient (Wildman–Crippen LogP) is 7.33. The van der Waals surface area contributed by atoms with Crippen molar-refractivity contribution in [3.8, 4) is 39.5 Å². The Morgan fingerprint density at radius 1 is 1.02 bits per heavy atom. The average molecular weight is 777 g/mol.